The molecule has 3 rings (SSSR count). The first kappa shape index (κ1) is 16.7. The topological polar surface area (TPSA) is 62.6 Å². The van der Waals surface area contributed by atoms with E-state index in [9.17, 15) is 14.0 Å². The van der Waals surface area contributed by atoms with Crippen LogP contribution in [0.5, 0.6) is 0 Å². The van der Waals surface area contributed by atoms with E-state index >= 15 is 0 Å². The van der Waals surface area contributed by atoms with Gasteiger partial charge in [-0.1, -0.05) is 15.9 Å². The molecule has 0 bridgehead atoms. The van der Waals surface area contributed by atoms with Crippen LogP contribution >= 0.6 is 15.9 Å². The minimum Gasteiger partial charge on any atom is -0.467 e. The van der Waals surface area contributed by atoms with Crippen molar-refractivity contribution in [1.82, 2.24) is 10.2 Å². The fraction of sp³-hybridized carbons (Fsp3) is 0.294. The Morgan fingerprint density at radius 2 is 2.25 bits per heavy atom. The number of rotatable bonds is 5. The normalized spacial score (nSPS) is 17.3. The van der Waals surface area contributed by atoms with Crippen molar-refractivity contribution in [2.24, 2.45) is 5.92 Å². The summed E-state index contributed by atoms with van der Waals surface area (Å²) in [6, 6.07) is 8.11. The highest BCUT2D eigenvalue weighted by molar-refractivity contribution is 9.10. The number of nitrogens with one attached hydrogen (secondary N) is 1. The van der Waals surface area contributed by atoms with Gasteiger partial charge in [-0.25, -0.2) is 4.39 Å². The summed E-state index contributed by atoms with van der Waals surface area (Å²) in [5.41, 5.74) is 0.398. The summed E-state index contributed by atoms with van der Waals surface area (Å²) in [6.45, 7) is 0.787. The second-order valence-corrected chi connectivity index (χ2v) is 6.62. The van der Waals surface area contributed by atoms with Gasteiger partial charge in [0.2, 0.25) is 11.8 Å². The lowest BCUT2D eigenvalue weighted by Gasteiger charge is -2.15. The Balaban J connectivity index is 1.56. The van der Waals surface area contributed by atoms with E-state index in [4.69, 9.17) is 4.42 Å². The molecule has 2 aromatic rings. The Morgan fingerprint density at radius 3 is 3.00 bits per heavy atom. The summed E-state index contributed by atoms with van der Waals surface area (Å²) in [6.07, 6.45) is 1.71. The van der Waals surface area contributed by atoms with Crippen molar-refractivity contribution in [3.05, 3.63) is 58.2 Å². The summed E-state index contributed by atoms with van der Waals surface area (Å²) < 4.78 is 19.7. The summed E-state index contributed by atoms with van der Waals surface area (Å²) in [5, 5.41) is 2.71. The van der Waals surface area contributed by atoms with Gasteiger partial charge in [-0.2, -0.15) is 0 Å². The molecule has 1 N–H and O–H groups in total. The molecule has 0 spiro atoms. The lowest BCUT2D eigenvalue weighted by molar-refractivity contribution is -0.129. The molecule has 1 atom stereocenters. The predicted octanol–water partition coefficient (Wildman–Crippen LogP) is 2.85. The third-order valence-corrected chi connectivity index (χ3v) is 4.47. The maximum atomic E-state index is 13.7. The average molecular weight is 395 g/mol. The van der Waals surface area contributed by atoms with Gasteiger partial charge >= 0.3 is 0 Å². The maximum Gasteiger partial charge on any atom is 0.225 e. The molecule has 1 fully saturated rings. The number of likely N-dealkylation sites (tertiary alicyclic amines) is 1. The molecule has 24 heavy (non-hydrogen) atoms. The van der Waals surface area contributed by atoms with E-state index in [2.05, 4.69) is 21.2 Å². The lowest BCUT2D eigenvalue weighted by atomic mass is 10.1. The molecule has 0 aliphatic carbocycles. The van der Waals surface area contributed by atoms with E-state index in [1.165, 1.54) is 6.07 Å². The zero-order valence-electron chi connectivity index (χ0n) is 12.8. The first-order valence-corrected chi connectivity index (χ1v) is 8.34. The molecule has 2 heterocycles. The Bertz CT molecular complexity index is 748. The molecule has 1 aromatic heterocycles. The second kappa shape index (κ2) is 7.17. The zero-order chi connectivity index (χ0) is 17.1. The molecule has 126 valence electrons. The minimum absolute atomic E-state index is 0.0832. The van der Waals surface area contributed by atoms with Crippen molar-refractivity contribution in [3.63, 3.8) is 0 Å². The van der Waals surface area contributed by atoms with Crippen molar-refractivity contribution in [2.45, 2.75) is 19.5 Å². The Morgan fingerprint density at radius 1 is 1.42 bits per heavy atom. The fourth-order valence-corrected chi connectivity index (χ4v) is 3.11. The van der Waals surface area contributed by atoms with Gasteiger partial charge in [-0.05, 0) is 30.3 Å². The van der Waals surface area contributed by atoms with E-state index in [1.54, 1.807) is 35.4 Å². The smallest absolute Gasteiger partial charge is 0.225 e. The van der Waals surface area contributed by atoms with E-state index in [-0.39, 0.29) is 30.6 Å². The lowest BCUT2D eigenvalue weighted by Crippen LogP contribution is -2.32. The van der Waals surface area contributed by atoms with Gasteiger partial charge < -0.3 is 14.6 Å². The van der Waals surface area contributed by atoms with Crippen molar-refractivity contribution in [1.29, 1.82) is 0 Å². The van der Waals surface area contributed by atoms with Crippen LogP contribution in [-0.4, -0.2) is 23.3 Å². The zero-order valence-corrected chi connectivity index (χ0v) is 14.4. The van der Waals surface area contributed by atoms with Gasteiger partial charge in [0.15, 0.2) is 0 Å². The number of hydrogen-bond acceptors (Lipinski definition) is 3. The Hall–Kier alpha value is -2.15. The molecule has 5 nitrogen and oxygen atoms in total. The number of furan rings is 1. The third-order valence-electron chi connectivity index (χ3n) is 3.97. The first-order valence-electron chi connectivity index (χ1n) is 7.54. The van der Waals surface area contributed by atoms with Gasteiger partial charge in [0.25, 0.3) is 0 Å². The predicted molar refractivity (Wildman–Crippen MR) is 88.2 cm³/mol. The highest BCUT2D eigenvalue weighted by Crippen LogP contribution is 2.21. The molecule has 7 heteroatoms. The first-order chi connectivity index (χ1) is 11.5. The van der Waals surface area contributed by atoms with E-state index in [0.29, 0.717) is 24.4 Å². The Kier molecular flexibility index (Phi) is 4.99. The van der Waals surface area contributed by atoms with Crippen molar-refractivity contribution in [3.8, 4) is 0 Å². The molecule has 0 unspecified atom stereocenters. The van der Waals surface area contributed by atoms with Gasteiger partial charge in [0.05, 0.1) is 18.7 Å². The number of amides is 2. The van der Waals surface area contributed by atoms with Crippen LogP contribution in [0.3, 0.4) is 0 Å². The van der Waals surface area contributed by atoms with Crippen molar-refractivity contribution < 1.29 is 18.4 Å². The van der Waals surface area contributed by atoms with Crippen molar-refractivity contribution in [2.75, 3.05) is 6.54 Å². The number of carbonyl (C=O) groups excluding carboxylic acids is 2. The van der Waals surface area contributed by atoms with Crippen LogP contribution in [0.2, 0.25) is 0 Å². The van der Waals surface area contributed by atoms with Crippen LogP contribution in [-0.2, 0) is 22.7 Å². The van der Waals surface area contributed by atoms with Crippen molar-refractivity contribution >= 4 is 27.7 Å². The number of halogens is 2. The highest BCUT2D eigenvalue weighted by Gasteiger charge is 2.34. The Labute approximate surface area is 146 Å². The largest absolute Gasteiger partial charge is 0.467 e. The molecule has 1 saturated heterocycles. The molecule has 2 amide bonds. The number of benzene rings is 1. The van der Waals surface area contributed by atoms with Crippen LogP contribution in [0.15, 0.2) is 45.5 Å². The number of hydrogen-bond donors (Lipinski definition) is 1. The van der Waals surface area contributed by atoms with Crippen LogP contribution in [0, 0.1) is 11.7 Å². The van der Waals surface area contributed by atoms with E-state index < -0.39 is 5.92 Å². The minimum atomic E-state index is -0.428. The van der Waals surface area contributed by atoms with E-state index in [1.807, 2.05) is 0 Å². The van der Waals surface area contributed by atoms with Gasteiger partial charge in [0.1, 0.15) is 11.6 Å². The maximum absolute atomic E-state index is 13.7. The molecular formula is C17H16BrFN2O3. The fourth-order valence-electron chi connectivity index (χ4n) is 2.70. The SMILES string of the molecule is O=C(NCc1cc(Br)ccc1F)[C@@H]1CC(=O)N(Cc2ccco2)C1. The third kappa shape index (κ3) is 3.84. The van der Waals surface area contributed by atoms with E-state index in [0.717, 1.165) is 4.47 Å². The van der Waals surface area contributed by atoms with Crippen LogP contribution < -0.4 is 5.32 Å². The van der Waals surface area contributed by atoms with Crippen LogP contribution in [0.4, 0.5) is 4.39 Å². The quantitative estimate of drug-likeness (QED) is 0.847. The molecule has 1 aromatic carbocycles. The molecular weight excluding hydrogens is 379 g/mol. The second-order valence-electron chi connectivity index (χ2n) is 5.71. The van der Waals surface area contributed by atoms with Gasteiger partial charge in [0, 0.05) is 29.5 Å². The van der Waals surface area contributed by atoms with Gasteiger partial charge in [-0.15, -0.1) is 0 Å². The number of carbonyl (C=O) groups is 2. The van der Waals surface area contributed by atoms with Crippen LogP contribution in [0.25, 0.3) is 0 Å². The molecule has 0 radical (unpaired) electrons. The summed E-state index contributed by atoms with van der Waals surface area (Å²) in [7, 11) is 0. The van der Waals surface area contributed by atoms with Crippen LogP contribution in [0.1, 0.15) is 17.7 Å². The molecule has 1 aliphatic rings. The molecule has 1 aliphatic heterocycles. The summed E-state index contributed by atoms with van der Waals surface area (Å²) in [4.78, 5) is 25.9. The monoisotopic (exact) mass is 394 g/mol. The van der Waals surface area contributed by atoms with Gasteiger partial charge in [-0.3, -0.25) is 9.59 Å². The average Bonchev–Trinajstić information content (AvgIpc) is 3.19. The standard InChI is InChI=1S/C17H16BrFN2O3/c18-13-3-4-15(19)11(6-13)8-20-17(23)12-7-16(22)21(9-12)10-14-2-1-5-24-14/h1-6,12H,7-10H2,(H,20,23)/t12-/m1/s1. The molecule has 0 saturated carbocycles. The summed E-state index contributed by atoms with van der Waals surface area (Å²) >= 11 is 3.27. The summed E-state index contributed by atoms with van der Waals surface area (Å²) in [5.74, 6) is -0.450. The highest BCUT2D eigenvalue weighted by atomic mass is 79.9. The number of nitrogens with zero attached hydrogens (tertiary/aromatic N) is 1.